The van der Waals surface area contributed by atoms with Gasteiger partial charge in [0.05, 0.1) is 4.92 Å². The Kier molecular flexibility index (Phi) is 7.88. The summed E-state index contributed by atoms with van der Waals surface area (Å²) < 4.78 is 12.3. The minimum absolute atomic E-state index is 0.00520. The molecule has 1 aromatic carbocycles. The molecule has 3 aromatic rings. The second-order valence-electron chi connectivity index (χ2n) is 12.9. The van der Waals surface area contributed by atoms with Crippen molar-refractivity contribution in [2.75, 3.05) is 16.8 Å². The summed E-state index contributed by atoms with van der Waals surface area (Å²) in [7, 11) is 0. The largest absolute Gasteiger partial charge is 0.444 e. The highest BCUT2D eigenvalue weighted by Gasteiger charge is 2.30. The SMILES string of the molecule is CC(C)(C)OC(=O)NC1CCC(Nc2nc(N3CCc4cc([N+](=O)[O-])ccc43)c3ncn(C(=O)OC(C)(C)C)c3n2)CC1. The first-order valence-electron chi connectivity index (χ1n) is 14.5. The maximum Gasteiger partial charge on any atom is 0.421 e. The molecule has 3 heterocycles. The standard InChI is InChI=1S/C29H38N8O6/c1-28(2,3)42-26(38)32-19-9-7-18(8-10-19)31-25-33-23(35-14-13-17-15-20(37(40)41)11-12-21(17)35)22-24(34-25)36(16-30-22)27(39)43-29(4,5)6/h11-12,15-16,18-19H,7-10,13-14H2,1-6H3,(H,32,38)(H,31,33,34). The predicted octanol–water partition coefficient (Wildman–Crippen LogP) is 5.46. The molecule has 0 atom stereocenters. The highest BCUT2D eigenvalue weighted by atomic mass is 16.6. The number of alkyl carbamates (subject to hydrolysis) is 1. The summed E-state index contributed by atoms with van der Waals surface area (Å²) in [5.74, 6) is 0.814. The summed E-state index contributed by atoms with van der Waals surface area (Å²) >= 11 is 0. The molecule has 2 aromatic heterocycles. The molecule has 1 fully saturated rings. The van der Waals surface area contributed by atoms with E-state index in [9.17, 15) is 19.7 Å². The minimum atomic E-state index is -0.723. The fraction of sp³-hybridized carbons (Fsp3) is 0.552. The van der Waals surface area contributed by atoms with Crippen molar-refractivity contribution in [3.05, 3.63) is 40.2 Å². The zero-order valence-electron chi connectivity index (χ0n) is 25.3. The van der Waals surface area contributed by atoms with Gasteiger partial charge in [0.15, 0.2) is 17.0 Å². The van der Waals surface area contributed by atoms with Gasteiger partial charge in [0, 0.05) is 36.4 Å². The highest BCUT2D eigenvalue weighted by molar-refractivity contribution is 5.93. The van der Waals surface area contributed by atoms with Gasteiger partial charge in [-0.2, -0.15) is 9.97 Å². The van der Waals surface area contributed by atoms with Crippen LogP contribution in [0.3, 0.4) is 0 Å². The normalized spacial score (nSPS) is 18.7. The molecule has 1 aliphatic heterocycles. The van der Waals surface area contributed by atoms with Crippen LogP contribution < -0.4 is 15.5 Å². The monoisotopic (exact) mass is 594 g/mol. The average Bonchev–Trinajstić information content (AvgIpc) is 3.51. The number of carbonyl (C=O) groups is 2. The van der Waals surface area contributed by atoms with E-state index in [4.69, 9.17) is 14.5 Å². The summed E-state index contributed by atoms with van der Waals surface area (Å²) in [6.07, 6.45) is 3.96. The number of anilines is 3. The lowest BCUT2D eigenvalue weighted by atomic mass is 9.91. The van der Waals surface area contributed by atoms with Gasteiger partial charge in [0.1, 0.15) is 17.5 Å². The molecule has 5 rings (SSSR count). The van der Waals surface area contributed by atoms with E-state index in [1.54, 1.807) is 32.9 Å². The molecule has 14 heteroatoms. The van der Waals surface area contributed by atoms with Crippen molar-refractivity contribution in [3.63, 3.8) is 0 Å². The Labute approximate surface area is 249 Å². The van der Waals surface area contributed by atoms with Crippen molar-refractivity contribution in [3.8, 4) is 0 Å². The molecule has 1 aliphatic carbocycles. The van der Waals surface area contributed by atoms with Gasteiger partial charge in [-0.05, 0) is 85.3 Å². The number of non-ortho nitro benzene ring substituents is 1. The van der Waals surface area contributed by atoms with Gasteiger partial charge in [0.25, 0.3) is 5.69 Å². The highest BCUT2D eigenvalue weighted by Crippen LogP contribution is 2.38. The Hall–Kier alpha value is -4.49. The van der Waals surface area contributed by atoms with Crippen LogP contribution in [-0.2, 0) is 15.9 Å². The molecule has 1 amide bonds. The average molecular weight is 595 g/mol. The number of benzene rings is 1. The minimum Gasteiger partial charge on any atom is -0.444 e. The maximum absolute atomic E-state index is 13.1. The van der Waals surface area contributed by atoms with Crippen molar-refractivity contribution in [2.24, 2.45) is 0 Å². The number of nitro groups is 1. The zero-order chi connectivity index (χ0) is 31.1. The summed E-state index contributed by atoms with van der Waals surface area (Å²) in [4.78, 5) is 52.2. The van der Waals surface area contributed by atoms with E-state index in [-0.39, 0.29) is 23.4 Å². The topological polar surface area (TPSA) is 167 Å². The van der Waals surface area contributed by atoms with E-state index in [2.05, 4.69) is 20.6 Å². The van der Waals surface area contributed by atoms with Crippen LogP contribution in [0.25, 0.3) is 11.2 Å². The van der Waals surface area contributed by atoms with Crippen LogP contribution in [0.4, 0.5) is 32.7 Å². The first kappa shape index (κ1) is 30.0. The van der Waals surface area contributed by atoms with Gasteiger partial charge in [0.2, 0.25) is 5.95 Å². The molecule has 2 aliphatic rings. The molecule has 0 bridgehead atoms. The molecule has 43 heavy (non-hydrogen) atoms. The Morgan fingerprint density at radius 1 is 1.00 bits per heavy atom. The Morgan fingerprint density at radius 3 is 2.33 bits per heavy atom. The molecular formula is C29H38N8O6. The van der Waals surface area contributed by atoms with Gasteiger partial charge >= 0.3 is 12.2 Å². The van der Waals surface area contributed by atoms with Crippen LogP contribution in [0.5, 0.6) is 0 Å². The number of rotatable bonds is 5. The number of nitro benzene ring substituents is 1. The number of ether oxygens (including phenoxy) is 2. The van der Waals surface area contributed by atoms with Gasteiger partial charge in [-0.3, -0.25) is 10.1 Å². The van der Waals surface area contributed by atoms with E-state index in [1.807, 2.05) is 25.7 Å². The predicted molar refractivity (Wildman–Crippen MR) is 160 cm³/mol. The van der Waals surface area contributed by atoms with E-state index in [1.165, 1.54) is 17.0 Å². The Bertz CT molecular complexity index is 1550. The van der Waals surface area contributed by atoms with Crippen molar-refractivity contribution >= 4 is 46.5 Å². The van der Waals surface area contributed by atoms with Crippen molar-refractivity contribution in [2.45, 2.75) is 96.9 Å². The Morgan fingerprint density at radius 2 is 1.67 bits per heavy atom. The summed E-state index contributed by atoms with van der Waals surface area (Å²) in [5.41, 5.74) is 1.06. The molecule has 14 nitrogen and oxygen atoms in total. The van der Waals surface area contributed by atoms with Crippen LogP contribution in [0.1, 0.15) is 72.8 Å². The van der Waals surface area contributed by atoms with E-state index < -0.39 is 28.3 Å². The lowest BCUT2D eigenvalue weighted by molar-refractivity contribution is -0.384. The molecule has 2 N–H and O–H groups in total. The van der Waals surface area contributed by atoms with E-state index in [0.717, 1.165) is 36.9 Å². The molecule has 1 saturated carbocycles. The number of amides is 1. The van der Waals surface area contributed by atoms with E-state index >= 15 is 0 Å². The number of nitrogens with zero attached hydrogens (tertiary/aromatic N) is 6. The van der Waals surface area contributed by atoms with Crippen LogP contribution in [0.15, 0.2) is 24.5 Å². The smallest absolute Gasteiger partial charge is 0.421 e. The van der Waals surface area contributed by atoms with Crippen LogP contribution >= 0.6 is 0 Å². The summed E-state index contributed by atoms with van der Waals surface area (Å²) in [6.45, 7) is 11.4. The lowest BCUT2D eigenvalue weighted by Crippen LogP contribution is -2.42. The quantitative estimate of drug-likeness (QED) is 0.284. The first-order chi connectivity index (χ1) is 20.2. The number of fused-ring (bicyclic) bond motifs is 2. The maximum atomic E-state index is 13.1. The van der Waals surface area contributed by atoms with Gasteiger partial charge in [-0.1, -0.05) is 0 Å². The summed E-state index contributed by atoms with van der Waals surface area (Å²) in [5, 5.41) is 17.7. The number of aromatic nitrogens is 4. The van der Waals surface area contributed by atoms with Crippen molar-refractivity contribution in [1.29, 1.82) is 0 Å². The van der Waals surface area contributed by atoms with E-state index in [0.29, 0.717) is 30.2 Å². The third kappa shape index (κ3) is 6.95. The summed E-state index contributed by atoms with van der Waals surface area (Å²) in [6, 6.07) is 4.80. The van der Waals surface area contributed by atoms with Crippen LogP contribution in [0, 0.1) is 10.1 Å². The number of hydrogen-bond acceptors (Lipinski definition) is 11. The van der Waals surface area contributed by atoms with Crippen LogP contribution in [0.2, 0.25) is 0 Å². The van der Waals surface area contributed by atoms with Crippen LogP contribution in [-0.4, -0.2) is 66.5 Å². The molecule has 0 spiro atoms. The third-order valence-corrected chi connectivity index (χ3v) is 7.17. The van der Waals surface area contributed by atoms with Gasteiger partial charge in [-0.25, -0.2) is 19.1 Å². The number of carbonyl (C=O) groups excluding carboxylic acids is 2. The Balaban J connectivity index is 1.42. The first-order valence-corrected chi connectivity index (χ1v) is 14.5. The van der Waals surface area contributed by atoms with Crippen molar-refractivity contribution < 1.29 is 24.0 Å². The molecule has 0 radical (unpaired) electrons. The molecule has 230 valence electrons. The number of hydrogen-bond donors (Lipinski definition) is 2. The second-order valence-corrected chi connectivity index (χ2v) is 12.9. The second kappa shape index (κ2) is 11.3. The third-order valence-electron chi connectivity index (χ3n) is 7.17. The van der Waals surface area contributed by atoms with Gasteiger partial charge in [-0.15, -0.1) is 0 Å². The number of imidazole rings is 1. The molecule has 0 saturated heterocycles. The lowest BCUT2D eigenvalue weighted by Gasteiger charge is -2.30. The molecular weight excluding hydrogens is 556 g/mol. The fourth-order valence-electron chi connectivity index (χ4n) is 5.34. The zero-order valence-corrected chi connectivity index (χ0v) is 25.3. The van der Waals surface area contributed by atoms with Crippen molar-refractivity contribution in [1.82, 2.24) is 24.8 Å². The fourth-order valence-corrected chi connectivity index (χ4v) is 5.34. The number of nitrogens with one attached hydrogen (secondary N) is 2. The van der Waals surface area contributed by atoms with Gasteiger partial charge < -0.3 is 25.0 Å². The molecule has 0 unspecified atom stereocenters.